The summed E-state index contributed by atoms with van der Waals surface area (Å²) in [5.41, 5.74) is 0.877. The summed E-state index contributed by atoms with van der Waals surface area (Å²) in [6.45, 7) is 9.12. The number of Topliss-reactive ketones (excluding diaryl/α,β-unsaturated/α-hetero) is 1. The summed E-state index contributed by atoms with van der Waals surface area (Å²) in [6, 6.07) is 1.75. The lowest BCUT2D eigenvalue weighted by molar-refractivity contribution is -0.117. The Hall–Kier alpha value is -1.98. The van der Waals surface area contributed by atoms with Crippen LogP contribution in [0.25, 0.3) is 10.2 Å². The van der Waals surface area contributed by atoms with Crippen molar-refractivity contribution < 1.29 is 4.79 Å². The summed E-state index contributed by atoms with van der Waals surface area (Å²) in [6.07, 6.45) is 0. The molecule has 1 N–H and O–H groups in total. The first kappa shape index (κ1) is 19.3. The van der Waals surface area contributed by atoms with Crippen molar-refractivity contribution in [2.75, 3.05) is 5.75 Å². The minimum atomic E-state index is -1.04. The zero-order chi connectivity index (χ0) is 18.9. The maximum atomic E-state index is 12.9. The van der Waals surface area contributed by atoms with Crippen LogP contribution >= 0.6 is 23.1 Å². The highest BCUT2D eigenvalue weighted by molar-refractivity contribution is 7.99. The van der Waals surface area contributed by atoms with Gasteiger partial charge in [-0.25, -0.2) is 4.98 Å². The Bertz CT molecular complexity index is 950. The fraction of sp³-hybridized carbons (Fsp3) is 0.471. The van der Waals surface area contributed by atoms with Crippen molar-refractivity contribution in [1.29, 1.82) is 10.7 Å². The Labute approximate surface area is 154 Å². The minimum Gasteiger partial charge on any atom is -0.308 e. The summed E-state index contributed by atoms with van der Waals surface area (Å²) < 4.78 is 1.60. The van der Waals surface area contributed by atoms with E-state index in [0.29, 0.717) is 15.4 Å². The van der Waals surface area contributed by atoms with E-state index in [-0.39, 0.29) is 28.8 Å². The van der Waals surface area contributed by atoms with Gasteiger partial charge in [0.1, 0.15) is 10.7 Å². The molecule has 0 spiro atoms. The molecule has 1 atom stereocenters. The molecule has 0 saturated heterocycles. The van der Waals surface area contributed by atoms with Gasteiger partial charge < -0.3 is 5.41 Å². The zero-order valence-electron chi connectivity index (χ0n) is 14.8. The fourth-order valence-electron chi connectivity index (χ4n) is 2.47. The molecule has 0 bridgehead atoms. The van der Waals surface area contributed by atoms with E-state index in [1.54, 1.807) is 4.57 Å². The van der Waals surface area contributed by atoms with E-state index in [2.05, 4.69) is 4.98 Å². The van der Waals surface area contributed by atoms with Crippen LogP contribution in [0.3, 0.4) is 0 Å². The number of thiophene rings is 1. The molecule has 2 aromatic rings. The molecule has 0 aliphatic rings. The molecule has 6 nitrogen and oxygen atoms in total. The zero-order valence-corrected chi connectivity index (χ0v) is 16.5. The van der Waals surface area contributed by atoms with Gasteiger partial charge in [0.05, 0.1) is 17.2 Å². The topological polar surface area (TPSA) is 99.6 Å². The molecule has 0 fully saturated rings. The summed E-state index contributed by atoms with van der Waals surface area (Å²) in [7, 11) is 0. The van der Waals surface area contributed by atoms with Crippen LogP contribution in [-0.4, -0.2) is 26.8 Å². The number of rotatable bonds is 6. The SMILES string of the molecule is CC(=N)[C@@H](C#N)C(=O)CSc1nc2sc(C)c(C)c2c(=O)n1C(C)C. The molecule has 25 heavy (non-hydrogen) atoms. The molecule has 0 aliphatic carbocycles. The number of ketones is 1. The van der Waals surface area contributed by atoms with Gasteiger partial charge in [-0.15, -0.1) is 11.3 Å². The predicted molar refractivity (Wildman–Crippen MR) is 102 cm³/mol. The second-order valence-corrected chi connectivity index (χ2v) is 8.27. The smallest absolute Gasteiger partial charge is 0.263 e. The lowest BCUT2D eigenvalue weighted by Gasteiger charge is -2.15. The van der Waals surface area contributed by atoms with E-state index < -0.39 is 5.92 Å². The van der Waals surface area contributed by atoms with Crippen LogP contribution in [0.1, 0.15) is 37.3 Å². The van der Waals surface area contributed by atoms with Crippen LogP contribution < -0.4 is 5.56 Å². The van der Waals surface area contributed by atoms with Gasteiger partial charge >= 0.3 is 0 Å². The Kier molecular flexibility index (Phi) is 5.80. The van der Waals surface area contributed by atoms with Crippen LogP contribution in [-0.2, 0) is 4.79 Å². The van der Waals surface area contributed by atoms with Gasteiger partial charge in [0.25, 0.3) is 5.56 Å². The van der Waals surface area contributed by atoms with E-state index >= 15 is 0 Å². The van der Waals surface area contributed by atoms with Crippen molar-refractivity contribution in [3.05, 3.63) is 20.8 Å². The third kappa shape index (κ3) is 3.67. The number of aryl methyl sites for hydroxylation is 2. The molecule has 0 amide bonds. The lowest BCUT2D eigenvalue weighted by Crippen LogP contribution is -2.26. The van der Waals surface area contributed by atoms with Crippen LogP contribution in [0.15, 0.2) is 9.95 Å². The average Bonchev–Trinajstić information content (AvgIpc) is 2.80. The summed E-state index contributed by atoms with van der Waals surface area (Å²) >= 11 is 2.62. The summed E-state index contributed by atoms with van der Waals surface area (Å²) in [4.78, 5) is 31.4. The quantitative estimate of drug-likeness (QED) is 0.472. The molecular weight excluding hydrogens is 356 g/mol. The number of hydrogen-bond acceptors (Lipinski definition) is 7. The molecule has 0 saturated carbocycles. The van der Waals surface area contributed by atoms with Gasteiger partial charge in [0.2, 0.25) is 0 Å². The number of aromatic nitrogens is 2. The van der Waals surface area contributed by atoms with E-state index in [0.717, 1.165) is 22.2 Å². The van der Waals surface area contributed by atoms with Crippen molar-refractivity contribution in [3.63, 3.8) is 0 Å². The van der Waals surface area contributed by atoms with Crippen molar-refractivity contribution in [2.45, 2.75) is 45.8 Å². The fourth-order valence-corrected chi connectivity index (χ4v) is 4.58. The second-order valence-electron chi connectivity index (χ2n) is 6.13. The van der Waals surface area contributed by atoms with Gasteiger partial charge in [-0.2, -0.15) is 5.26 Å². The highest BCUT2D eigenvalue weighted by Gasteiger charge is 2.23. The van der Waals surface area contributed by atoms with Gasteiger partial charge in [-0.3, -0.25) is 14.2 Å². The van der Waals surface area contributed by atoms with Crippen molar-refractivity contribution in [2.24, 2.45) is 5.92 Å². The average molecular weight is 377 g/mol. The third-order valence-electron chi connectivity index (χ3n) is 3.95. The van der Waals surface area contributed by atoms with E-state index in [1.807, 2.05) is 33.8 Å². The number of fused-ring (bicyclic) bond motifs is 1. The molecule has 2 heterocycles. The first-order valence-corrected chi connectivity index (χ1v) is 9.61. The molecule has 8 heteroatoms. The predicted octanol–water partition coefficient (Wildman–Crippen LogP) is 3.50. The third-order valence-corrected chi connectivity index (χ3v) is 6.02. The Balaban J connectivity index is 2.46. The molecule has 0 unspecified atom stereocenters. The number of carbonyl (C=O) groups is 1. The number of carbonyl (C=O) groups excluding carboxylic acids is 1. The number of nitrogens with zero attached hydrogens (tertiary/aromatic N) is 3. The van der Waals surface area contributed by atoms with Crippen molar-refractivity contribution >= 4 is 44.8 Å². The standard InChI is InChI=1S/C17H20N4O2S2/c1-8(2)21-16(23)14-9(3)11(5)25-15(14)20-17(21)24-7-13(22)12(6-18)10(4)19/h8,12,19H,7H2,1-5H3/t12-/m1/s1. The number of thioether (sulfide) groups is 1. The lowest BCUT2D eigenvalue weighted by atomic mass is 10.0. The maximum absolute atomic E-state index is 12.9. The second kappa shape index (κ2) is 7.50. The normalized spacial score (nSPS) is 12.4. The highest BCUT2D eigenvalue weighted by atomic mass is 32.2. The van der Waals surface area contributed by atoms with Crippen LogP contribution in [0.4, 0.5) is 0 Å². The van der Waals surface area contributed by atoms with Crippen LogP contribution in [0, 0.1) is 36.5 Å². The minimum absolute atomic E-state index is 0.00243. The molecule has 2 aromatic heterocycles. The van der Waals surface area contributed by atoms with Crippen LogP contribution in [0.5, 0.6) is 0 Å². The largest absolute Gasteiger partial charge is 0.308 e. The Morgan fingerprint density at radius 3 is 2.60 bits per heavy atom. The Morgan fingerprint density at radius 1 is 1.44 bits per heavy atom. The molecular formula is C17H20N4O2S2. The van der Waals surface area contributed by atoms with Gasteiger partial charge in [-0.05, 0) is 40.2 Å². The molecule has 0 aliphatic heterocycles. The van der Waals surface area contributed by atoms with E-state index in [1.165, 1.54) is 18.3 Å². The number of nitriles is 1. The number of hydrogen-bond donors (Lipinski definition) is 1. The summed E-state index contributed by atoms with van der Waals surface area (Å²) in [5.74, 6) is -1.38. The van der Waals surface area contributed by atoms with Crippen molar-refractivity contribution in [1.82, 2.24) is 9.55 Å². The van der Waals surface area contributed by atoms with Gasteiger partial charge in [0.15, 0.2) is 10.9 Å². The van der Waals surface area contributed by atoms with E-state index in [4.69, 9.17) is 10.7 Å². The van der Waals surface area contributed by atoms with E-state index in [9.17, 15) is 9.59 Å². The monoisotopic (exact) mass is 376 g/mol. The van der Waals surface area contributed by atoms with Gasteiger partial charge in [-0.1, -0.05) is 11.8 Å². The van der Waals surface area contributed by atoms with Gasteiger partial charge in [0, 0.05) is 16.6 Å². The molecule has 132 valence electrons. The first-order valence-electron chi connectivity index (χ1n) is 7.81. The molecule has 0 aromatic carbocycles. The molecule has 0 radical (unpaired) electrons. The number of nitrogens with one attached hydrogen (secondary N) is 1. The van der Waals surface area contributed by atoms with Crippen LogP contribution in [0.2, 0.25) is 0 Å². The Morgan fingerprint density at radius 2 is 2.08 bits per heavy atom. The first-order chi connectivity index (χ1) is 11.7. The molecule has 2 rings (SSSR count). The summed E-state index contributed by atoms with van der Waals surface area (Å²) in [5, 5.41) is 17.7. The maximum Gasteiger partial charge on any atom is 0.263 e. The van der Waals surface area contributed by atoms with Crippen molar-refractivity contribution in [3.8, 4) is 6.07 Å². The highest BCUT2D eigenvalue weighted by Crippen LogP contribution is 2.29.